The van der Waals surface area contributed by atoms with Crippen LogP contribution in [-0.4, -0.2) is 26.3 Å². The van der Waals surface area contributed by atoms with Crippen molar-refractivity contribution < 1.29 is 13.2 Å². The highest BCUT2D eigenvalue weighted by Gasteiger charge is 2.22. The molecule has 0 atom stereocenters. The van der Waals surface area contributed by atoms with E-state index in [1.807, 2.05) is 0 Å². The molecule has 0 aliphatic heterocycles. The first-order valence-electron chi connectivity index (χ1n) is 4.76. The lowest BCUT2D eigenvalue weighted by atomic mass is 10.4. The van der Waals surface area contributed by atoms with Crippen molar-refractivity contribution >= 4 is 9.84 Å². The number of sulfone groups is 1. The number of aromatic nitrogens is 1. The Kier molecular flexibility index (Phi) is 2.65. The van der Waals surface area contributed by atoms with Gasteiger partial charge in [-0.15, -0.1) is 0 Å². The van der Waals surface area contributed by atoms with Crippen LogP contribution in [0.15, 0.2) is 17.2 Å². The Morgan fingerprint density at radius 2 is 2.33 bits per heavy atom. The van der Waals surface area contributed by atoms with Crippen LogP contribution in [0.5, 0.6) is 5.88 Å². The summed E-state index contributed by atoms with van der Waals surface area (Å²) in [4.78, 5) is 4.06. The number of pyridine rings is 1. The number of hydrogen-bond donors (Lipinski definition) is 0. The van der Waals surface area contributed by atoms with Gasteiger partial charge in [-0.05, 0) is 24.8 Å². The lowest BCUT2D eigenvalue weighted by molar-refractivity contribution is 0.287. The third-order valence-corrected chi connectivity index (χ3v) is 3.31. The number of rotatable bonds is 4. The summed E-state index contributed by atoms with van der Waals surface area (Å²) in [7, 11) is -3.19. The molecule has 1 aliphatic rings. The van der Waals surface area contributed by atoms with E-state index in [4.69, 9.17) is 4.74 Å². The molecule has 0 saturated heterocycles. The smallest absolute Gasteiger partial charge is 0.221 e. The Hall–Kier alpha value is -1.10. The van der Waals surface area contributed by atoms with Gasteiger partial charge in [0.25, 0.3) is 0 Å². The molecule has 0 bridgehead atoms. The maximum atomic E-state index is 11.1. The van der Waals surface area contributed by atoms with Gasteiger partial charge in [-0.3, -0.25) is 0 Å². The predicted molar refractivity (Wildman–Crippen MR) is 54.4 cm³/mol. The topological polar surface area (TPSA) is 56.3 Å². The van der Waals surface area contributed by atoms with Gasteiger partial charge in [-0.25, -0.2) is 13.4 Å². The van der Waals surface area contributed by atoms with Gasteiger partial charge < -0.3 is 4.74 Å². The van der Waals surface area contributed by atoms with Crippen molar-refractivity contribution in [3.05, 3.63) is 18.3 Å². The van der Waals surface area contributed by atoms with Crippen LogP contribution in [0.4, 0.5) is 0 Å². The molecule has 81 valence electrons. The van der Waals surface area contributed by atoms with E-state index >= 15 is 0 Å². The first-order chi connectivity index (χ1) is 7.05. The largest absolute Gasteiger partial charge is 0.477 e. The molecule has 5 heteroatoms. The summed E-state index contributed by atoms with van der Waals surface area (Å²) in [6.07, 6.45) is 4.86. The summed E-state index contributed by atoms with van der Waals surface area (Å²) >= 11 is 0. The van der Waals surface area contributed by atoms with Gasteiger partial charge in [0.2, 0.25) is 5.88 Å². The van der Waals surface area contributed by atoms with Crippen LogP contribution < -0.4 is 4.74 Å². The molecule has 1 fully saturated rings. The van der Waals surface area contributed by atoms with Gasteiger partial charge in [0.1, 0.15) is 0 Å². The molecule has 1 heterocycles. The summed E-state index contributed by atoms with van der Waals surface area (Å²) in [5.41, 5.74) is 0. The average molecular weight is 226 g/mol. The maximum Gasteiger partial charge on any atom is 0.221 e. The number of nitrogens with zero attached hydrogens (tertiary/aromatic N) is 1. The van der Waals surface area contributed by atoms with E-state index in [-0.39, 0.29) is 4.90 Å². The minimum Gasteiger partial charge on any atom is -0.477 e. The molecule has 0 N–H and O–H groups in total. The highest BCUT2D eigenvalue weighted by molar-refractivity contribution is 7.90. The highest BCUT2D eigenvalue weighted by Crippen LogP contribution is 2.29. The summed E-state index contributed by atoms with van der Waals surface area (Å²) in [6.45, 7) is 0.654. The predicted octanol–water partition coefficient (Wildman–Crippen LogP) is 1.07. The van der Waals surface area contributed by atoms with Crippen molar-refractivity contribution in [2.75, 3.05) is 12.9 Å². The number of ether oxygens (including phenoxy) is 1. The fourth-order valence-corrected chi connectivity index (χ4v) is 1.61. The molecule has 1 radical (unpaired) electrons. The van der Waals surface area contributed by atoms with E-state index < -0.39 is 9.84 Å². The lowest BCUT2D eigenvalue weighted by Crippen LogP contribution is -2.02. The fourth-order valence-electron chi connectivity index (χ4n) is 1.09. The van der Waals surface area contributed by atoms with Gasteiger partial charge in [0.15, 0.2) is 9.84 Å². The van der Waals surface area contributed by atoms with E-state index in [9.17, 15) is 8.42 Å². The van der Waals surface area contributed by atoms with Gasteiger partial charge >= 0.3 is 0 Å². The van der Waals surface area contributed by atoms with E-state index in [1.165, 1.54) is 25.1 Å². The quantitative estimate of drug-likeness (QED) is 0.770. The van der Waals surface area contributed by atoms with Crippen LogP contribution in [-0.2, 0) is 9.84 Å². The highest BCUT2D eigenvalue weighted by atomic mass is 32.2. The van der Waals surface area contributed by atoms with Gasteiger partial charge in [-0.1, -0.05) is 0 Å². The summed E-state index contributed by atoms with van der Waals surface area (Å²) in [6, 6.07) is 4.11. The van der Waals surface area contributed by atoms with Crippen LogP contribution >= 0.6 is 0 Å². The molecule has 0 amide bonds. The molecular formula is C10H12NO3S. The minimum absolute atomic E-state index is 0.168. The molecule has 0 spiro atoms. The molecule has 2 rings (SSSR count). The zero-order chi connectivity index (χ0) is 10.9. The first kappa shape index (κ1) is 10.4. The normalized spacial score (nSPS) is 16.3. The first-order valence-corrected chi connectivity index (χ1v) is 6.65. The van der Waals surface area contributed by atoms with Crippen LogP contribution in [0, 0.1) is 12.0 Å². The van der Waals surface area contributed by atoms with Gasteiger partial charge in [0, 0.05) is 12.5 Å². The molecule has 1 aromatic heterocycles. The standard InChI is InChI=1S/C10H12NO3S/c1-15(12,13)9-4-5-10(11-6-9)14-7-8-2-3-8/h4,6,8H,2-3,7H2,1H3. The number of hydrogen-bond acceptors (Lipinski definition) is 4. The third kappa shape index (κ3) is 2.92. The molecule has 1 aromatic rings. The molecule has 0 aromatic carbocycles. The molecule has 1 saturated carbocycles. The van der Waals surface area contributed by atoms with Crippen molar-refractivity contribution in [1.82, 2.24) is 4.98 Å². The van der Waals surface area contributed by atoms with Crippen LogP contribution in [0.1, 0.15) is 12.8 Å². The Balaban J connectivity index is 2.02. The van der Waals surface area contributed by atoms with E-state index in [0.29, 0.717) is 18.4 Å². The third-order valence-electron chi connectivity index (χ3n) is 2.23. The second-order valence-electron chi connectivity index (χ2n) is 3.78. The van der Waals surface area contributed by atoms with Gasteiger partial charge in [-0.2, -0.15) is 0 Å². The molecule has 15 heavy (non-hydrogen) atoms. The maximum absolute atomic E-state index is 11.1. The molecule has 4 nitrogen and oxygen atoms in total. The van der Waals surface area contributed by atoms with Crippen molar-refractivity contribution in [3.63, 3.8) is 0 Å². The van der Waals surface area contributed by atoms with Crippen molar-refractivity contribution in [2.45, 2.75) is 17.7 Å². The Labute approximate surface area is 89.2 Å². The zero-order valence-corrected chi connectivity index (χ0v) is 9.25. The van der Waals surface area contributed by atoms with Crippen LogP contribution in [0.2, 0.25) is 0 Å². The average Bonchev–Trinajstić information content (AvgIpc) is 2.97. The zero-order valence-electron chi connectivity index (χ0n) is 8.43. The second-order valence-corrected chi connectivity index (χ2v) is 5.80. The SMILES string of the molecule is CS(=O)(=O)c1c[c]c(OCC2CC2)nc1. The minimum atomic E-state index is -3.19. The fraction of sp³-hybridized carbons (Fsp3) is 0.500. The van der Waals surface area contributed by atoms with E-state index in [2.05, 4.69) is 11.1 Å². The summed E-state index contributed by atoms with van der Waals surface area (Å²) < 4.78 is 27.6. The Morgan fingerprint density at radius 1 is 1.60 bits per heavy atom. The van der Waals surface area contributed by atoms with Crippen molar-refractivity contribution in [3.8, 4) is 5.88 Å². The van der Waals surface area contributed by atoms with Crippen LogP contribution in [0.3, 0.4) is 0 Å². The van der Waals surface area contributed by atoms with Crippen molar-refractivity contribution in [2.24, 2.45) is 5.92 Å². The molecular weight excluding hydrogens is 214 g/mol. The Bertz CT molecular complexity index is 434. The molecule has 1 aliphatic carbocycles. The van der Waals surface area contributed by atoms with E-state index in [0.717, 1.165) is 6.26 Å². The summed E-state index contributed by atoms with van der Waals surface area (Å²) in [5, 5.41) is 0. The van der Waals surface area contributed by atoms with Crippen LogP contribution in [0.25, 0.3) is 0 Å². The van der Waals surface area contributed by atoms with Crippen molar-refractivity contribution in [1.29, 1.82) is 0 Å². The van der Waals surface area contributed by atoms with Gasteiger partial charge in [0.05, 0.1) is 17.6 Å². The summed E-state index contributed by atoms with van der Waals surface area (Å²) in [5.74, 6) is 1.02. The Morgan fingerprint density at radius 3 is 2.80 bits per heavy atom. The second kappa shape index (κ2) is 3.81. The monoisotopic (exact) mass is 226 g/mol. The van der Waals surface area contributed by atoms with E-state index in [1.54, 1.807) is 0 Å². The lowest BCUT2D eigenvalue weighted by Gasteiger charge is -2.03. The molecule has 0 unspecified atom stereocenters.